The Hall–Kier alpha value is -2.38. The van der Waals surface area contributed by atoms with Gasteiger partial charge in [-0.2, -0.15) is 10.1 Å². The van der Waals surface area contributed by atoms with Gasteiger partial charge in [-0.15, -0.1) is 0 Å². The maximum atomic E-state index is 12.9. The summed E-state index contributed by atoms with van der Waals surface area (Å²) in [6.07, 6.45) is 3.46. The largest absolute Gasteiger partial charge is 0.493 e. The third-order valence-electron chi connectivity index (χ3n) is 4.04. The smallest absolute Gasteiger partial charge is 0.280 e. The van der Waals surface area contributed by atoms with E-state index in [9.17, 15) is 4.79 Å². The molecular formula is C21H18Br2N2O3. The molecule has 144 valence electrons. The molecule has 1 aliphatic rings. The molecule has 1 aliphatic heterocycles. The van der Waals surface area contributed by atoms with Crippen LogP contribution in [0.3, 0.4) is 0 Å². The van der Waals surface area contributed by atoms with Gasteiger partial charge in [-0.3, -0.25) is 4.79 Å². The molecule has 0 N–H and O–H groups in total. The molecule has 0 bridgehead atoms. The topological polar surface area (TPSA) is 51.1 Å². The summed E-state index contributed by atoms with van der Waals surface area (Å²) in [4.78, 5) is 12.9. The van der Waals surface area contributed by atoms with E-state index in [2.05, 4.69) is 43.5 Å². The van der Waals surface area contributed by atoms with Gasteiger partial charge in [-0.05, 0) is 70.9 Å². The summed E-state index contributed by atoms with van der Waals surface area (Å²) >= 11 is 6.90. The van der Waals surface area contributed by atoms with Gasteiger partial charge in [0.15, 0.2) is 11.5 Å². The third kappa shape index (κ3) is 4.20. The third-order valence-corrected chi connectivity index (χ3v) is 5.16. The lowest BCUT2D eigenvalue weighted by Crippen LogP contribution is -2.21. The van der Waals surface area contributed by atoms with Crippen molar-refractivity contribution >= 4 is 55.2 Å². The molecule has 0 spiro atoms. The summed E-state index contributed by atoms with van der Waals surface area (Å²) in [5.41, 5.74) is 2.68. The van der Waals surface area contributed by atoms with E-state index in [-0.39, 0.29) is 5.91 Å². The van der Waals surface area contributed by atoms with Crippen LogP contribution in [0.1, 0.15) is 12.5 Å². The quantitative estimate of drug-likeness (QED) is 0.379. The number of benzene rings is 2. The normalized spacial score (nSPS) is 15.0. The van der Waals surface area contributed by atoms with E-state index in [0.717, 1.165) is 14.5 Å². The average Bonchev–Trinajstić information content (AvgIpc) is 2.95. The predicted octanol–water partition coefficient (Wildman–Crippen LogP) is 5.59. The van der Waals surface area contributed by atoms with Gasteiger partial charge in [0, 0.05) is 4.47 Å². The highest BCUT2D eigenvalue weighted by Gasteiger charge is 2.28. The number of hydrazone groups is 1. The number of nitrogens with zero attached hydrogens (tertiary/aromatic N) is 2. The molecule has 0 fully saturated rings. The number of rotatable bonds is 6. The molecule has 1 heterocycles. The Morgan fingerprint density at radius 3 is 2.57 bits per heavy atom. The van der Waals surface area contributed by atoms with Crippen molar-refractivity contribution in [2.24, 2.45) is 5.10 Å². The van der Waals surface area contributed by atoms with Crippen LogP contribution in [0.2, 0.25) is 0 Å². The Kier molecular flexibility index (Phi) is 6.36. The number of amides is 1. The van der Waals surface area contributed by atoms with Crippen molar-refractivity contribution in [3.63, 3.8) is 0 Å². The number of anilines is 1. The monoisotopic (exact) mass is 504 g/mol. The van der Waals surface area contributed by atoms with Gasteiger partial charge in [0.2, 0.25) is 0 Å². The molecule has 2 aromatic carbocycles. The minimum Gasteiger partial charge on any atom is -0.493 e. The molecule has 3 rings (SSSR count). The summed E-state index contributed by atoms with van der Waals surface area (Å²) in [6, 6.07) is 11.1. The first-order valence-corrected chi connectivity index (χ1v) is 10.0. The molecule has 0 aliphatic carbocycles. The van der Waals surface area contributed by atoms with E-state index in [1.807, 2.05) is 43.3 Å². The van der Waals surface area contributed by atoms with Crippen LogP contribution in [-0.4, -0.2) is 25.3 Å². The Morgan fingerprint density at radius 2 is 1.93 bits per heavy atom. The van der Waals surface area contributed by atoms with Crippen LogP contribution in [0.4, 0.5) is 5.69 Å². The SMILES string of the molecule is C=CCOc1c(Br)cc(/C=C2/C(=O)N(c3ccc(Br)cc3)N=C2C)cc1OC. The number of carbonyl (C=O) groups excluding carboxylic acids is 1. The van der Waals surface area contributed by atoms with Crippen molar-refractivity contribution in [1.82, 2.24) is 0 Å². The van der Waals surface area contributed by atoms with Crippen molar-refractivity contribution in [3.05, 3.63) is 69.1 Å². The summed E-state index contributed by atoms with van der Waals surface area (Å²) in [5, 5.41) is 5.81. The highest BCUT2D eigenvalue weighted by Crippen LogP contribution is 2.37. The maximum absolute atomic E-state index is 12.9. The molecule has 7 heteroatoms. The molecule has 5 nitrogen and oxygen atoms in total. The number of hydrogen-bond acceptors (Lipinski definition) is 4. The van der Waals surface area contributed by atoms with E-state index >= 15 is 0 Å². The van der Waals surface area contributed by atoms with Crippen molar-refractivity contribution in [1.29, 1.82) is 0 Å². The fraction of sp³-hybridized carbons (Fsp3) is 0.143. The van der Waals surface area contributed by atoms with Crippen molar-refractivity contribution < 1.29 is 14.3 Å². The minimum absolute atomic E-state index is 0.179. The number of ether oxygens (including phenoxy) is 2. The van der Waals surface area contributed by atoms with E-state index in [1.165, 1.54) is 5.01 Å². The molecule has 2 aromatic rings. The number of hydrogen-bond donors (Lipinski definition) is 0. The van der Waals surface area contributed by atoms with Crippen LogP contribution < -0.4 is 14.5 Å². The Balaban J connectivity index is 1.94. The maximum Gasteiger partial charge on any atom is 0.280 e. The van der Waals surface area contributed by atoms with E-state index in [4.69, 9.17) is 9.47 Å². The first-order chi connectivity index (χ1) is 13.4. The summed E-state index contributed by atoms with van der Waals surface area (Å²) in [6.45, 7) is 5.83. The highest BCUT2D eigenvalue weighted by molar-refractivity contribution is 9.10. The highest BCUT2D eigenvalue weighted by atomic mass is 79.9. The number of methoxy groups -OCH3 is 1. The zero-order valence-corrected chi connectivity index (χ0v) is 18.6. The zero-order chi connectivity index (χ0) is 20.3. The van der Waals surface area contributed by atoms with E-state index in [1.54, 1.807) is 19.3 Å². The minimum atomic E-state index is -0.179. The van der Waals surface area contributed by atoms with Crippen LogP contribution >= 0.6 is 31.9 Å². The van der Waals surface area contributed by atoms with Crippen LogP contribution in [0.5, 0.6) is 11.5 Å². The average molecular weight is 506 g/mol. The van der Waals surface area contributed by atoms with Crippen LogP contribution in [0.15, 0.2) is 68.7 Å². The second kappa shape index (κ2) is 8.75. The fourth-order valence-corrected chi connectivity index (χ4v) is 3.55. The molecule has 0 saturated heterocycles. The number of halogens is 2. The molecule has 28 heavy (non-hydrogen) atoms. The second-order valence-electron chi connectivity index (χ2n) is 5.97. The lowest BCUT2D eigenvalue weighted by Gasteiger charge is -2.13. The fourth-order valence-electron chi connectivity index (χ4n) is 2.71. The van der Waals surface area contributed by atoms with Gasteiger partial charge in [-0.1, -0.05) is 28.6 Å². The lowest BCUT2D eigenvalue weighted by molar-refractivity contribution is -0.114. The van der Waals surface area contributed by atoms with Gasteiger partial charge in [-0.25, -0.2) is 0 Å². The molecule has 0 aromatic heterocycles. The molecule has 0 saturated carbocycles. The molecule has 1 amide bonds. The molecule has 0 atom stereocenters. The predicted molar refractivity (Wildman–Crippen MR) is 119 cm³/mol. The van der Waals surface area contributed by atoms with Gasteiger partial charge < -0.3 is 9.47 Å². The first-order valence-electron chi connectivity index (χ1n) is 8.43. The van der Waals surface area contributed by atoms with Crippen molar-refractivity contribution in [2.45, 2.75) is 6.92 Å². The Bertz CT molecular complexity index is 982. The summed E-state index contributed by atoms with van der Waals surface area (Å²) in [5.74, 6) is 0.971. The van der Waals surface area contributed by atoms with E-state index in [0.29, 0.717) is 35.1 Å². The van der Waals surface area contributed by atoms with Crippen molar-refractivity contribution in [2.75, 3.05) is 18.7 Å². The standard InChI is InChI=1S/C21H18Br2N2O3/c1-4-9-28-20-18(23)11-14(12-19(20)27-3)10-17-13(2)24-25(21(17)26)16-7-5-15(22)6-8-16/h4-8,10-12H,1,9H2,2-3H3/b17-10+. The van der Waals surface area contributed by atoms with Crippen LogP contribution in [0.25, 0.3) is 6.08 Å². The Morgan fingerprint density at radius 1 is 1.21 bits per heavy atom. The van der Waals surface area contributed by atoms with E-state index < -0.39 is 0 Å². The zero-order valence-electron chi connectivity index (χ0n) is 15.4. The van der Waals surface area contributed by atoms with Gasteiger partial charge in [0.05, 0.1) is 28.6 Å². The van der Waals surface area contributed by atoms with Gasteiger partial charge in [0.25, 0.3) is 5.91 Å². The molecular weight excluding hydrogens is 488 g/mol. The van der Waals surface area contributed by atoms with Gasteiger partial charge >= 0.3 is 0 Å². The van der Waals surface area contributed by atoms with Gasteiger partial charge in [0.1, 0.15) is 6.61 Å². The lowest BCUT2D eigenvalue weighted by atomic mass is 10.1. The number of carbonyl (C=O) groups is 1. The Labute approximate surface area is 180 Å². The second-order valence-corrected chi connectivity index (χ2v) is 7.74. The van der Waals surface area contributed by atoms with Crippen LogP contribution in [-0.2, 0) is 4.79 Å². The molecule has 0 unspecified atom stereocenters. The summed E-state index contributed by atoms with van der Waals surface area (Å²) in [7, 11) is 1.57. The first kappa shape index (κ1) is 20.4. The van der Waals surface area contributed by atoms with Crippen molar-refractivity contribution in [3.8, 4) is 11.5 Å². The molecule has 0 radical (unpaired) electrons. The van der Waals surface area contributed by atoms with Crippen LogP contribution in [0, 0.1) is 0 Å². The summed E-state index contributed by atoms with van der Waals surface area (Å²) < 4.78 is 12.7.